The molecular formula is C21H28N2O2. The van der Waals surface area contributed by atoms with Gasteiger partial charge < -0.3 is 11.1 Å². The molecule has 4 nitrogen and oxygen atoms in total. The zero-order valence-corrected chi connectivity index (χ0v) is 14.7. The van der Waals surface area contributed by atoms with Gasteiger partial charge in [-0.2, -0.15) is 0 Å². The van der Waals surface area contributed by atoms with Gasteiger partial charge in [-0.05, 0) is 74.7 Å². The fourth-order valence-corrected chi connectivity index (χ4v) is 5.94. The lowest BCUT2D eigenvalue weighted by molar-refractivity contribution is -0.148. The van der Waals surface area contributed by atoms with Gasteiger partial charge in [0.05, 0.1) is 0 Å². The summed E-state index contributed by atoms with van der Waals surface area (Å²) in [4.78, 5) is 25.0. The van der Waals surface area contributed by atoms with Gasteiger partial charge in [-0.25, -0.2) is 0 Å². The average molecular weight is 340 g/mol. The molecule has 2 amide bonds. The smallest absolute Gasteiger partial charge is 0.240 e. The Kier molecular flexibility index (Phi) is 4.30. The van der Waals surface area contributed by atoms with Gasteiger partial charge in [0.1, 0.15) is 6.04 Å². The maximum Gasteiger partial charge on any atom is 0.240 e. The SMILES string of the molecule is NC(=O)[C@@H](CCc1ccccc1)NC(=O)C12CC3CC(CC(C3)C1)C2. The first-order valence-electron chi connectivity index (χ1n) is 9.68. The average Bonchev–Trinajstić information content (AvgIpc) is 2.58. The minimum atomic E-state index is -0.569. The van der Waals surface area contributed by atoms with E-state index in [9.17, 15) is 9.59 Å². The zero-order valence-electron chi connectivity index (χ0n) is 14.7. The quantitative estimate of drug-likeness (QED) is 0.836. The van der Waals surface area contributed by atoms with Crippen LogP contribution < -0.4 is 11.1 Å². The van der Waals surface area contributed by atoms with Gasteiger partial charge in [-0.1, -0.05) is 30.3 Å². The van der Waals surface area contributed by atoms with Crippen LogP contribution in [0.1, 0.15) is 50.5 Å². The predicted octanol–water partition coefficient (Wildman–Crippen LogP) is 2.81. The molecule has 4 heteroatoms. The Hall–Kier alpha value is -1.84. The Bertz CT molecular complexity index is 620. The fraction of sp³-hybridized carbons (Fsp3) is 0.619. The number of amides is 2. The molecule has 5 rings (SSSR count). The summed E-state index contributed by atoms with van der Waals surface area (Å²) in [5.74, 6) is 1.81. The summed E-state index contributed by atoms with van der Waals surface area (Å²) < 4.78 is 0. The van der Waals surface area contributed by atoms with Crippen molar-refractivity contribution in [2.45, 2.75) is 57.4 Å². The second kappa shape index (κ2) is 6.47. The van der Waals surface area contributed by atoms with E-state index in [-0.39, 0.29) is 11.3 Å². The van der Waals surface area contributed by atoms with Crippen LogP contribution in [-0.4, -0.2) is 17.9 Å². The second-order valence-electron chi connectivity index (χ2n) is 8.65. The van der Waals surface area contributed by atoms with Gasteiger partial charge in [-0.3, -0.25) is 9.59 Å². The number of carbonyl (C=O) groups is 2. The highest BCUT2D eigenvalue weighted by molar-refractivity contribution is 5.89. The molecule has 0 radical (unpaired) electrons. The molecule has 4 saturated carbocycles. The molecular weight excluding hydrogens is 312 g/mol. The molecule has 0 unspecified atom stereocenters. The number of nitrogens with one attached hydrogen (secondary N) is 1. The number of nitrogens with two attached hydrogens (primary N) is 1. The maximum atomic E-state index is 13.1. The van der Waals surface area contributed by atoms with Gasteiger partial charge in [-0.15, -0.1) is 0 Å². The van der Waals surface area contributed by atoms with E-state index >= 15 is 0 Å². The largest absolute Gasteiger partial charge is 0.368 e. The third kappa shape index (κ3) is 3.31. The minimum Gasteiger partial charge on any atom is -0.368 e. The van der Waals surface area contributed by atoms with Crippen molar-refractivity contribution in [3.8, 4) is 0 Å². The van der Waals surface area contributed by atoms with Crippen LogP contribution in [0.15, 0.2) is 30.3 Å². The first-order chi connectivity index (χ1) is 12.0. The molecule has 0 heterocycles. The monoisotopic (exact) mass is 340 g/mol. The molecule has 4 aliphatic carbocycles. The Morgan fingerprint density at radius 1 is 1.04 bits per heavy atom. The Balaban J connectivity index is 1.42. The van der Waals surface area contributed by atoms with Gasteiger partial charge in [0.15, 0.2) is 0 Å². The fourth-order valence-electron chi connectivity index (χ4n) is 5.94. The molecule has 0 aliphatic heterocycles. The third-order valence-corrected chi connectivity index (χ3v) is 6.73. The van der Waals surface area contributed by atoms with Crippen LogP contribution in [-0.2, 0) is 16.0 Å². The number of hydrogen-bond acceptors (Lipinski definition) is 2. The van der Waals surface area contributed by atoms with Gasteiger partial charge in [0.2, 0.25) is 11.8 Å². The van der Waals surface area contributed by atoms with E-state index in [0.29, 0.717) is 24.2 Å². The lowest BCUT2D eigenvalue weighted by atomic mass is 9.49. The number of aryl methyl sites for hydroxylation is 1. The molecule has 1 aromatic carbocycles. The molecule has 4 fully saturated rings. The van der Waals surface area contributed by atoms with E-state index in [1.54, 1.807) is 0 Å². The standard InChI is InChI=1S/C21H28N2O2/c22-19(24)18(7-6-14-4-2-1-3-5-14)23-20(25)21-11-15-8-16(12-21)10-17(9-15)13-21/h1-5,15-18H,6-13H2,(H2,22,24)(H,23,25)/t15?,16?,17?,18-,21?/m1/s1. The molecule has 134 valence electrons. The third-order valence-electron chi connectivity index (χ3n) is 6.73. The van der Waals surface area contributed by atoms with E-state index in [2.05, 4.69) is 5.32 Å². The van der Waals surface area contributed by atoms with Crippen molar-refractivity contribution in [3.63, 3.8) is 0 Å². The predicted molar refractivity (Wildman–Crippen MR) is 96.5 cm³/mol. The van der Waals surface area contributed by atoms with Crippen molar-refractivity contribution in [2.75, 3.05) is 0 Å². The van der Waals surface area contributed by atoms with Crippen LogP contribution in [0.2, 0.25) is 0 Å². The summed E-state index contributed by atoms with van der Waals surface area (Å²) in [6, 6.07) is 9.47. The molecule has 1 atom stereocenters. The van der Waals surface area contributed by atoms with Crippen molar-refractivity contribution in [1.29, 1.82) is 0 Å². The zero-order chi connectivity index (χ0) is 17.4. The summed E-state index contributed by atoms with van der Waals surface area (Å²) >= 11 is 0. The first kappa shape index (κ1) is 16.6. The van der Waals surface area contributed by atoms with Crippen molar-refractivity contribution in [2.24, 2.45) is 28.9 Å². The molecule has 0 aromatic heterocycles. The molecule has 0 saturated heterocycles. The van der Waals surface area contributed by atoms with E-state index in [0.717, 1.165) is 31.2 Å². The molecule has 25 heavy (non-hydrogen) atoms. The van der Waals surface area contributed by atoms with Crippen LogP contribution >= 0.6 is 0 Å². The molecule has 0 spiro atoms. The van der Waals surface area contributed by atoms with Crippen LogP contribution in [0.25, 0.3) is 0 Å². The van der Waals surface area contributed by atoms with Crippen molar-refractivity contribution in [1.82, 2.24) is 5.32 Å². The summed E-state index contributed by atoms with van der Waals surface area (Å²) in [5.41, 5.74) is 6.52. The number of hydrogen-bond donors (Lipinski definition) is 2. The van der Waals surface area contributed by atoms with Gasteiger partial charge in [0, 0.05) is 5.41 Å². The highest BCUT2D eigenvalue weighted by atomic mass is 16.2. The maximum absolute atomic E-state index is 13.1. The van der Waals surface area contributed by atoms with E-state index in [4.69, 9.17) is 5.73 Å². The van der Waals surface area contributed by atoms with Crippen LogP contribution in [0.5, 0.6) is 0 Å². The first-order valence-corrected chi connectivity index (χ1v) is 9.68. The molecule has 3 N–H and O–H groups in total. The van der Waals surface area contributed by atoms with Crippen LogP contribution in [0, 0.1) is 23.2 Å². The van der Waals surface area contributed by atoms with Crippen molar-refractivity contribution < 1.29 is 9.59 Å². The number of primary amides is 1. The van der Waals surface area contributed by atoms with E-state index in [1.807, 2.05) is 30.3 Å². The Morgan fingerprint density at radius 2 is 1.60 bits per heavy atom. The number of benzene rings is 1. The second-order valence-corrected chi connectivity index (χ2v) is 8.65. The van der Waals surface area contributed by atoms with Crippen LogP contribution in [0.3, 0.4) is 0 Å². The summed E-state index contributed by atoms with van der Waals surface area (Å²) in [5, 5.41) is 3.03. The highest BCUT2D eigenvalue weighted by Gasteiger charge is 2.54. The number of carbonyl (C=O) groups excluding carboxylic acids is 2. The van der Waals surface area contributed by atoms with E-state index < -0.39 is 11.9 Å². The number of rotatable bonds is 6. The minimum absolute atomic E-state index is 0.0865. The molecule has 1 aromatic rings. The highest BCUT2D eigenvalue weighted by Crippen LogP contribution is 2.60. The lowest BCUT2D eigenvalue weighted by Crippen LogP contribution is -2.57. The van der Waals surface area contributed by atoms with Crippen molar-refractivity contribution in [3.05, 3.63) is 35.9 Å². The Labute approximate surface area is 149 Å². The molecule has 4 bridgehead atoms. The normalized spacial score (nSPS) is 33.8. The van der Waals surface area contributed by atoms with Gasteiger partial charge in [0.25, 0.3) is 0 Å². The Morgan fingerprint density at radius 3 is 2.12 bits per heavy atom. The van der Waals surface area contributed by atoms with Gasteiger partial charge >= 0.3 is 0 Å². The summed E-state index contributed by atoms with van der Waals surface area (Å²) in [6.07, 6.45) is 8.26. The van der Waals surface area contributed by atoms with Crippen molar-refractivity contribution >= 4 is 11.8 Å². The summed E-state index contributed by atoms with van der Waals surface area (Å²) in [7, 11) is 0. The summed E-state index contributed by atoms with van der Waals surface area (Å²) in [6.45, 7) is 0. The van der Waals surface area contributed by atoms with Crippen LogP contribution in [0.4, 0.5) is 0 Å². The lowest BCUT2D eigenvalue weighted by Gasteiger charge is -2.55. The van der Waals surface area contributed by atoms with E-state index in [1.165, 1.54) is 19.3 Å². The molecule has 4 aliphatic rings. The topological polar surface area (TPSA) is 72.2 Å².